The van der Waals surface area contributed by atoms with Crippen LogP contribution in [0.15, 0.2) is 42.6 Å². The molecule has 0 aliphatic carbocycles. The molecule has 0 saturated carbocycles. The van der Waals surface area contributed by atoms with Crippen molar-refractivity contribution in [3.63, 3.8) is 0 Å². The average molecular weight is 295 g/mol. The minimum absolute atomic E-state index is 0.0312. The molecule has 0 spiro atoms. The number of rotatable bonds is 3. The Bertz CT molecular complexity index is 634. The summed E-state index contributed by atoms with van der Waals surface area (Å²) >= 11 is 0. The van der Waals surface area contributed by atoms with E-state index in [0.29, 0.717) is 17.4 Å². The van der Waals surface area contributed by atoms with Crippen molar-refractivity contribution in [1.82, 2.24) is 14.9 Å². The summed E-state index contributed by atoms with van der Waals surface area (Å²) in [5.74, 6) is 1.34. The maximum Gasteiger partial charge on any atom is 0.272 e. The summed E-state index contributed by atoms with van der Waals surface area (Å²) in [4.78, 5) is 22.6. The van der Waals surface area contributed by atoms with Gasteiger partial charge in [0.25, 0.3) is 5.91 Å². The Morgan fingerprint density at radius 1 is 1.18 bits per heavy atom. The number of nitrogens with zero attached hydrogens (tertiary/aromatic N) is 3. The normalized spacial score (nSPS) is 15.8. The van der Waals surface area contributed by atoms with Crippen molar-refractivity contribution in [3.8, 4) is 0 Å². The van der Waals surface area contributed by atoms with Gasteiger partial charge in [0.1, 0.15) is 11.5 Å². The molecule has 0 atom stereocenters. The summed E-state index contributed by atoms with van der Waals surface area (Å²) < 4.78 is 0. The summed E-state index contributed by atoms with van der Waals surface area (Å²) in [6.07, 6.45) is 4.88. The van der Waals surface area contributed by atoms with Gasteiger partial charge >= 0.3 is 0 Å². The molecule has 0 radical (unpaired) electrons. The summed E-state index contributed by atoms with van der Waals surface area (Å²) in [7, 11) is 0. The van der Waals surface area contributed by atoms with E-state index in [9.17, 15) is 4.79 Å². The fourth-order valence-electron chi connectivity index (χ4n) is 3.02. The predicted octanol–water partition coefficient (Wildman–Crippen LogP) is 2.88. The van der Waals surface area contributed by atoms with Gasteiger partial charge in [0.05, 0.1) is 0 Å². The van der Waals surface area contributed by atoms with Gasteiger partial charge in [0, 0.05) is 19.3 Å². The molecule has 0 bridgehead atoms. The number of benzene rings is 1. The molecular weight excluding hydrogens is 274 g/mol. The number of aryl methyl sites for hydroxylation is 1. The van der Waals surface area contributed by atoms with E-state index in [-0.39, 0.29) is 5.91 Å². The van der Waals surface area contributed by atoms with E-state index in [2.05, 4.69) is 40.3 Å². The lowest BCUT2D eigenvalue weighted by molar-refractivity contribution is 0.0684. The number of hydrogen-bond donors (Lipinski definition) is 0. The molecule has 114 valence electrons. The number of likely N-dealkylation sites (tertiary alicyclic amines) is 1. The third-order valence-electron chi connectivity index (χ3n) is 4.26. The van der Waals surface area contributed by atoms with Crippen LogP contribution >= 0.6 is 0 Å². The summed E-state index contributed by atoms with van der Waals surface area (Å²) in [5.41, 5.74) is 1.90. The van der Waals surface area contributed by atoms with Crippen LogP contribution < -0.4 is 0 Å². The molecule has 4 heteroatoms. The standard InChI is InChI=1S/C18H21N3O/c1-14-19-10-7-17(20-14)18(22)21-11-8-16(9-12-21)13-15-5-3-2-4-6-15/h2-7,10,16H,8-9,11-13H2,1H3. The molecular formula is C18H21N3O. The number of piperidine rings is 1. The third kappa shape index (κ3) is 3.50. The van der Waals surface area contributed by atoms with Gasteiger partial charge in [-0.3, -0.25) is 4.79 Å². The first-order valence-corrected chi connectivity index (χ1v) is 7.85. The fourth-order valence-corrected chi connectivity index (χ4v) is 3.02. The fraction of sp³-hybridized carbons (Fsp3) is 0.389. The lowest BCUT2D eigenvalue weighted by Crippen LogP contribution is -2.39. The Hall–Kier alpha value is -2.23. The highest BCUT2D eigenvalue weighted by atomic mass is 16.2. The van der Waals surface area contributed by atoms with Crippen molar-refractivity contribution < 1.29 is 4.79 Å². The van der Waals surface area contributed by atoms with Crippen LogP contribution in [0.25, 0.3) is 0 Å². The van der Waals surface area contributed by atoms with Gasteiger partial charge < -0.3 is 4.90 Å². The van der Waals surface area contributed by atoms with Gasteiger partial charge in [0.2, 0.25) is 0 Å². The summed E-state index contributed by atoms with van der Waals surface area (Å²) in [6, 6.07) is 12.3. The lowest BCUT2D eigenvalue weighted by Gasteiger charge is -2.32. The molecule has 1 aliphatic heterocycles. The number of aromatic nitrogens is 2. The lowest BCUT2D eigenvalue weighted by atomic mass is 9.90. The molecule has 1 fully saturated rings. The first kappa shape index (κ1) is 14.7. The molecule has 3 rings (SSSR count). The van der Waals surface area contributed by atoms with Crippen molar-refractivity contribution in [2.24, 2.45) is 5.92 Å². The molecule has 0 N–H and O–H groups in total. The van der Waals surface area contributed by atoms with Crippen LogP contribution in [-0.4, -0.2) is 33.9 Å². The van der Waals surface area contributed by atoms with E-state index < -0.39 is 0 Å². The highest BCUT2D eigenvalue weighted by molar-refractivity contribution is 5.92. The summed E-state index contributed by atoms with van der Waals surface area (Å²) in [6.45, 7) is 3.45. The second-order valence-electron chi connectivity index (χ2n) is 5.91. The third-order valence-corrected chi connectivity index (χ3v) is 4.26. The SMILES string of the molecule is Cc1nccc(C(=O)N2CCC(Cc3ccccc3)CC2)n1. The molecule has 2 heterocycles. The number of amides is 1. The van der Waals surface area contributed by atoms with Gasteiger partial charge in [-0.2, -0.15) is 0 Å². The molecule has 2 aromatic rings. The van der Waals surface area contributed by atoms with Gasteiger partial charge in [-0.1, -0.05) is 30.3 Å². The van der Waals surface area contributed by atoms with Crippen molar-refractivity contribution in [3.05, 3.63) is 59.7 Å². The van der Waals surface area contributed by atoms with E-state index in [0.717, 1.165) is 32.4 Å². The van der Waals surface area contributed by atoms with Gasteiger partial charge in [0.15, 0.2) is 0 Å². The Morgan fingerprint density at radius 3 is 2.59 bits per heavy atom. The number of hydrogen-bond acceptors (Lipinski definition) is 3. The van der Waals surface area contributed by atoms with E-state index in [1.54, 1.807) is 12.3 Å². The van der Waals surface area contributed by atoms with E-state index >= 15 is 0 Å². The van der Waals surface area contributed by atoms with Crippen LogP contribution in [0.5, 0.6) is 0 Å². The minimum Gasteiger partial charge on any atom is -0.337 e. The second kappa shape index (κ2) is 6.69. The van der Waals surface area contributed by atoms with Gasteiger partial charge in [-0.15, -0.1) is 0 Å². The van der Waals surface area contributed by atoms with E-state index in [1.165, 1.54) is 5.56 Å². The monoisotopic (exact) mass is 295 g/mol. The van der Waals surface area contributed by atoms with Crippen LogP contribution in [0.4, 0.5) is 0 Å². The zero-order valence-electron chi connectivity index (χ0n) is 12.9. The molecule has 1 aliphatic rings. The van der Waals surface area contributed by atoms with Crippen LogP contribution in [0.3, 0.4) is 0 Å². The number of carbonyl (C=O) groups is 1. The molecule has 4 nitrogen and oxygen atoms in total. The average Bonchev–Trinajstić information content (AvgIpc) is 2.56. The topological polar surface area (TPSA) is 46.1 Å². The summed E-state index contributed by atoms with van der Waals surface area (Å²) in [5, 5.41) is 0. The Morgan fingerprint density at radius 2 is 1.91 bits per heavy atom. The quantitative estimate of drug-likeness (QED) is 0.874. The van der Waals surface area contributed by atoms with Crippen LogP contribution in [0.1, 0.15) is 34.7 Å². The van der Waals surface area contributed by atoms with Crippen LogP contribution in [0.2, 0.25) is 0 Å². The van der Waals surface area contributed by atoms with Gasteiger partial charge in [-0.25, -0.2) is 9.97 Å². The van der Waals surface area contributed by atoms with Crippen LogP contribution in [-0.2, 0) is 6.42 Å². The first-order chi connectivity index (χ1) is 10.7. The van der Waals surface area contributed by atoms with Gasteiger partial charge in [-0.05, 0) is 43.7 Å². The largest absolute Gasteiger partial charge is 0.337 e. The Balaban J connectivity index is 1.56. The molecule has 0 unspecified atom stereocenters. The molecule has 1 aromatic heterocycles. The van der Waals surface area contributed by atoms with E-state index in [1.807, 2.05) is 11.8 Å². The van der Waals surface area contributed by atoms with Crippen molar-refractivity contribution >= 4 is 5.91 Å². The zero-order valence-corrected chi connectivity index (χ0v) is 12.9. The minimum atomic E-state index is 0.0312. The maximum atomic E-state index is 12.5. The predicted molar refractivity (Wildman–Crippen MR) is 85.5 cm³/mol. The maximum absolute atomic E-state index is 12.5. The molecule has 22 heavy (non-hydrogen) atoms. The van der Waals surface area contributed by atoms with Crippen molar-refractivity contribution in [1.29, 1.82) is 0 Å². The molecule has 1 amide bonds. The molecule has 1 aromatic carbocycles. The highest BCUT2D eigenvalue weighted by Gasteiger charge is 2.24. The Kier molecular flexibility index (Phi) is 4.47. The smallest absolute Gasteiger partial charge is 0.272 e. The van der Waals surface area contributed by atoms with Crippen molar-refractivity contribution in [2.45, 2.75) is 26.2 Å². The van der Waals surface area contributed by atoms with Crippen molar-refractivity contribution in [2.75, 3.05) is 13.1 Å². The Labute approximate surface area is 131 Å². The molecule has 1 saturated heterocycles. The second-order valence-corrected chi connectivity index (χ2v) is 5.91. The first-order valence-electron chi connectivity index (χ1n) is 7.85. The van der Waals surface area contributed by atoms with Crippen LogP contribution in [0, 0.1) is 12.8 Å². The highest BCUT2D eigenvalue weighted by Crippen LogP contribution is 2.22. The zero-order chi connectivity index (χ0) is 15.4. The number of carbonyl (C=O) groups excluding carboxylic acids is 1. The van der Waals surface area contributed by atoms with E-state index in [4.69, 9.17) is 0 Å².